The molecule has 29 heavy (non-hydrogen) atoms. The third kappa shape index (κ3) is 10.5. The lowest BCUT2D eigenvalue weighted by Gasteiger charge is -2.23. The number of hydrogen-bond acceptors (Lipinski definition) is 6. The maximum Gasteiger partial charge on any atom is 0.306 e. The number of nitrogens with zero attached hydrogens (tertiary/aromatic N) is 1. The lowest BCUT2D eigenvalue weighted by Crippen LogP contribution is -2.33. The predicted octanol–water partition coefficient (Wildman–Crippen LogP) is 3.76. The van der Waals surface area contributed by atoms with Crippen molar-refractivity contribution in [2.75, 3.05) is 33.6 Å². The molecule has 0 aromatic heterocycles. The van der Waals surface area contributed by atoms with Crippen molar-refractivity contribution in [1.82, 2.24) is 4.90 Å². The van der Waals surface area contributed by atoms with Crippen molar-refractivity contribution in [3.63, 3.8) is 0 Å². The molecule has 0 saturated heterocycles. The molecule has 0 spiro atoms. The predicted molar refractivity (Wildman–Crippen MR) is 114 cm³/mol. The maximum absolute atomic E-state index is 12.7. The third-order valence-corrected chi connectivity index (χ3v) is 4.99. The van der Waals surface area contributed by atoms with Gasteiger partial charge in [-0.05, 0) is 24.1 Å². The van der Waals surface area contributed by atoms with Crippen LogP contribution in [-0.4, -0.2) is 52.9 Å². The molecule has 1 amide bonds. The minimum Gasteiger partial charge on any atom is -0.493 e. The Labute approximate surface area is 175 Å². The van der Waals surface area contributed by atoms with Gasteiger partial charge in [0.25, 0.3) is 0 Å². The third-order valence-electron chi connectivity index (χ3n) is 4.50. The van der Waals surface area contributed by atoms with Crippen LogP contribution in [0.2, 0.25) is 0 Å². The molecule has 0 fully saturated rings. The fourth-order valence-corrected chi connectivity index (χ4v) is 3.43. The Kier molecular flexibility index (Phi) is 11.7. The highest BCUT2D eigenvalue weighted by Gasteiger charge is 2.16. The van der Waals surface area contributed by atoms with Gasteiger partial charge in [0.05, 0.1) is 20.0 Å². The molecule has 8 heteroatoms. The highest BCUT2D eigenvalue weighted by Crippen LogP contribution is 2.29. The van der Waals surface area contributed by atoms with Crippen molar-refractivity contribution >= 4 is 16.0 Å². The van der Waals surface area contributed by atoms with Crippen molar-refractivity contribution in [2.24, 2.45) is 0 Å². The van der Waals surface area contributed by atoms with Gasteiger partial charge in [0.1, 0.15) is 0 Å². The van der Waals surface area contributed by atoms with E-state index in [4.69, 9.17) is 13.7 Å². The van der Waals surface area contributed by atoms with E-state index in [1.165, 1.54) is 26.4 Å². The number of carbonyl (C=O) groups excluding carboxylic acids is 1. The van der Waals surface area contributed by atoms with Gasteiger partial charge in [0, 0.05) is 26.6 Å². The van der Waals surface area contributed by atoms with Crippen molar-refractivity contribution in [2.45, 2.75) is 58.4 Å². The van der Waals surface area contributed by atoms with Crippen LogP contribution in [0.15, 0.2) is 18.2 Å². The van der Waals surface area contributed by atoms with Gasteiger partial charge >= 0.3 is 10.1 Å². The number of hydrogen-bond donors (Lipinski definition) is 0. The molecule has 0 unspecified atom stereocenters. The Hall–Kier alpha value is -1.80. The van der Waals surface area contributed by atoms with Gasteiger partial charge in [-0.3, -0.25) is 4.79 Å². The summed E-state index contributed by atoms with van der Waals surface area (Å²) in [5.41, 5.74) is 0.761. The molecule has 0 saturated carbocycles. The Morgan fingerprint density at radius 1 is 1.03 bits per heavy atom. The molecule has 0 heterocycles. The zero-order chi connectivity index (χ0) is 21.7. The van der Waals surface area contributed by atoms with Gasteiger partial charge < -0.3 is 18.6 Å². The summed E-state index contributed by atoms with van der Waals surface area (Å²) in [7, 11) is -0.645. The van der Waals surface area contributed by atoms with Crippen LogP contribution in [0, 0.1) is 0 Å². The fourth-order valence-electron chi connectivity index (χ4n) is 2.98. The Balaban J connectivity index is 2.78. The van der Waals surface area contributed by atoms with Crippen LogP contribution in [0.3, 0.4) is 0 Å². The van der Waals surface area contributed by atoms with Crippen LogP contribution >= 0.6 is 0 Å². The molecular weight excluding hydrogens is 394 g/mol. The molecule has 0 aliphatic heterocycles. The first-order valence-corrected chi connectivity index (χ1v) is 12.0. The largest absolute Gasteiger partial charge is 0.493 e. The lowest BCUT2D eigenvalue weighted by atomic mass is 10.1. The Morgan fingerprint density at radius 2 is 1.72 bits per heavy atom. The minimum atomic E-state index is -3.69. The van der Waals surface area contributed by atoms with E-state index in [2.05, 4.69) is 6.92 Å². The second-order valence-electron chi connectivity index (χ2n) is 7.10. The number of amides is 1. The molecule has 0 radical (unpaired) electrons. The number of ether oxygens (including phenoxy) is 2. The monoisotopic (exact) mass is 429 g/mol. The van der Waals surface area contributed by atoms with Crippen LogP contribution in [-0.2, 0) is 26.2 Å². The molecule has 0 bridgehead atoms. The lowest BCUT2D eigenvalue weighted by molar-refractivity contribution is -0.132. The molecule has 1 rings (SSSR count). The summed E-state index contributed by atoms with van der Waals surface area (Å²) in [6.07, 6.45) is 8.22. The van der Waals surface area contributed by atoms with Crippen LogP contribution < -0.4 is 8.92 Å². The minimum absolute atomic E-state index is 0.0685. The summed E-state index contributed by atoms with van der Waals surface area (Å²) in [6.45, 7) is 3.44. The van der Waals surface area contributed by atoms with E-state index in [9.17, 15) is 13.2 Å². The number of rotatable bonds is 15. The summed E-state index contributed by atoms with van der Waals surface area (Å²) in [4.78, 5) is 14.4. The van der Waals surface area contributed by atoms with E-state index in [0.29, 0.717) is 31.9 Å². The van der Waals surface area contributed by atoms with Gasteiger partial charge in [-0.1, -0.05) is 45.1 Å². The summed E-state index contributed by atoms with van der Waals surface area (Å²) in [6, 6.07) is 5.03. The van der Waals surface area contributed by atoms with Crippen LogP contribution in [0.1, 0.15) is 57.4 Å². The van der Waals surface area contributed by atoms with Gasteiger partial charge in [-0.2, -0.15) is 8.42 Å². The Bertz CT molecular complexity index is 720. The number of unbranched alkanes of at least 4 members (excludes halogenated alkanes) is 5. The van der Waals surface area contributed by atoms with Crippen molar-refractivity contribution < 1.29 is 26.9 Å². The van der Waals surface area contributed by atoms with Crippen molar-refractivity contribution in [1.29, 1.82) is 0 Å². The van der Waals surface area contributed by atoms with Crippen LogP contribution in [0.4, 0.5) is 0 Å². The van der Waals surface area contributed by atoms with E-state index in [-0.39, 0.29) is 11.7 Å². The van der Waals surface area contributed by atoms with Gasteiger partial charge in [0.2, 0.25) is 5.91 Å². The average Bonchev–Trinajstić information content (AvgIpc) is 2.66. The number of methoxy groups -OCH3 is 2. The average molecular weight is 430 g/mol. The van der Waals surface area contributed by atoms with E-state index >= 15 is 0 Å². The maximum atomic E-state index is 12.7. The van der Waals surface area contributed by atoms with Gasteiger partial charge in [0.15, 0.2) is 11.5 Å². The number of benzene rings is 1. The van der Waals surface area contributed by atoms with Crippen LogP contribution in [0.25, 0.3) is 0 Å². The second-order valence-corrected chi connectivity index (χ2v) is 8.67. The normalized spacial score (nSPS) is 11.3. The van der Waals surface area contributed by atoms with Crippen molar-refractivity contribution in [3.8, 4) is 11.5 Å². The van der Waals surface area contributed by atoms with Gasteiger partial charge in [-0.15, -0.1) is 0 Å². The quantitative estimate of drug-likeness (QED) is 0.312. The number of carbonyl (C=O) groups is 1. The highest BCUT2D eigenvalue weighted by molar-refractivity contribution is 7.86. The molecule has 0 aliphatic rings. The first-order chi connectivity index (χ1) is 13.8. The molecule has 0 atom stereocenters. The molecule has 1 aromatic rings. The molecule has 7 nitrogen and oxygen atoms in total. The van der Waals surface area contributed by atoms with E-state index < -0.39 is 10.1 Å². The first kappa shape index (κ1) is 25.2. The summed E-state index contributed by atoms with van der Waals surface area (Å²) in [5.74, 6) is 0.502. The van der Waals surface area contributed by atoms with Gasteiger partial charge in [-0.25, -0.2) is 0 Å². The second kappa shape index (κ2) is 13.4. The summed E-state index contributed by atoms with van der Waals surface area (Å²) >= 11 is 0. The topological polar surface area (TPSA) is 82.1 Å². The van der Waals surface area contributed by atoms with Crippen molar-refractivity contribution in [3.05, 3.63) is 23.8 Å². The van der Waals surface area contributed by atoms with E-state index in [0.717, 1.165) is 31.1 Å². The SMILES string of the molecule is CCCCCCCCC(=O)N(CCOC)Cc1ccc(OC)c(OS(C)(=O)=O)c1. The molecule has 1 aromatic carbocycles. The molecule has 0 aliphatic carbocycles. The smallest absolute Gasteiger partial charge is 0.306 e. The van der Waals surface area contributed by atoms with Crippen LogP contribution in [0.5, 0.6) is 11.5 Å². The highest BCUT2D eigenvalue weighted by atomic mass is 32.2. The first-order valence-electron chi connectivity index (χ1n) is 10.1. The fraction of sp³-hybridized carbons (Fsp3) is 0.667. The molecule has 0 N–H and O–H groups in total. The summed E-state index contributed by atoms with van der Waals surface area (Å²) in [5, 5.41) is 0. The molecule has 166 valence electrons. The van der Waals surface area contributed by atoms with E-state index in [1.807, 2.05) is 0 Å². The van der Waals surface area contributed by atoms with E-state index in [1.54, 1.807) is 30.2 Å². The molecular formula is C21H35NO6S. The zero-order valence-corrected chi connectivity index (χ0v) is 18.9. The standard InChI is InChI=1S/C21H35NO6S/c1-5-6-7-8-9-10-11-21(23)22(14-15-26-2)17-18-12-13-19(27-3)20(16-18)28-29(4,24)25/h12-13,16H,5-11,14-15,17H2,1-4H3. The Morgan fingerprint density at radius 3 is 2.34 bits per heavy atom. The zero-order valence-electron chi connectivity index (χ0n) is 18.1. The summed E-state index contributed by atoms with van der Waals surface area (Å²) < 4.78 is 38.3.